The second-order valence-corrected chi connectivity index (χ2v) is 2.89. The second kappa shape index (κ2) is 3.44. The molecule has 1 aliphatic carbocycles. The predicted octanol–water partition coefficient (Wildman–Crippen LogP) is 1.58. The fourth-order valence-corrected chi connectivity index (χ4v) is 1.03. The minimum absolute atomic E-state index is 0.190. The van der Waals surface area contributed by atoms with Crippen LogP contribution in [-0.4, -0.2) is 10.8 Å². The third-order valence-corrected chi connectivity index (χ3v) is 1.45. The van der Waals surface area contributed by atoms with E-state index in [2.05, 4.69) is 24.1 Å². The molecule has 2 nitrogen and oxygen atoms in total. The smallest absolute Gasteiger partial charge is 0.190 e. The topological polar surface area (TPSA) is 38.4 Å². The van der Waals surface area contributed by atoms with Gasteiger partial charge in [0.15, 0.2) is 5.11 Å². The van der Waals surface area contributed by atoms with Crippen LogP contribution in [0.15, 0.2) is 28.8 Å². The molecular formula is C8H10N2S. The van der Waals surface area contributed by atoms with E-state index in [4.69, 9.17) is 5.73 Å². The van der Waals surface area contributed by atoms with Crippen molar-refractivity contribution in [1.29, 1.82) is 0 Å². The van der Waals surface area contributed by atoms with Crippen LogP contribution in [0.25, 0.3) is 0 Å². The maximum absolute atomic E-state index is 5.25. The highest BCUT2D eigenvalue weighted by Gasteiger charge is 1.97. The van der Waals surface area contributed by atoms with E-state index in [0.717, 1.165) is 12.1 Å². The molecule has 0 spiro atoms. The summed E-state index contributed by atoms with van der Waals surface area (Å²) in [5, 5.41) is 0.190. The van der Waals surface area contributed by atoms with Crippen LogP contribution in [0.3, 0.4) is 0 Å². The Hall–Kier alpha value is -0.960. The quantitative estimate of drug-likeness (QED) is 0.555. The molecule has 1 rings (SSSR count). The predicted molar refractivity (Wildman–Crippen MR) is 51.7 cm³/mol. The molecule has 0 aliphatic heterocycles. The Labute approximate surface area is 71.5 Å². The Balaban J connectivity index is 2.81. The van der Waals surface area contributed by atoms with Gasteiger partial charge in [0.25, 0.3) is 0 Å². The van der Waals surface area contributed by atoms with Crippen LogP contribution >= 0.6 is 12.2 Å². The Kier molecular flexibility index (Phi) is 2.54. The van der Waals surface area contributed by atoms with Gasteiger partial charge in [-0.05, 0) is 37.7 Å². The van der Waals surface area contributed by atoms with Gasteiger partial charge in [-0.1, -0.05) is 11.6 Å². The molecule has 3 heteroatoms. The number of hydrogen-bond acceptors (Lipinski definition) is 1. The second-order valence-electron chi connectivity index (χ2n) is 2.47. The monoisotopic (exact) mass is 166 g/mol. The molecule has 0 aromatic heterocycles. The highest BCUT2D eigenvalue weighted by molar-refractivity contribution is 7.80. The van der Waals surface area contributed by atoms with Crippen LogP contribution in [0.5, 0.6) is 0 Å². The number of aliphatic imine (C=N–C) groups is 1. The highest BCUT2D eigenvalue weighted by Crippen LogP contribution is 2.07. The molecule has 11 heavy (non-hydrogen) atoms. The van der Waals surface area contributed by atoms with E-state index in [9.17, 15) is 0 Å². The van der Waals surface area contributed by atoms with Crippen molar-refractivity contribution in [3.05, 3.63) is 23.8 Å². The van der Waals surface area contributed by atoms with Gasteiger partial charge in [-0.25, -0.2) is 4.99 Å². The standard InChI is InChI=1S/C8H10N2S/c1-6-3-2-4-7(5-6)10-8(9)11/h2,4-5H,3H2,1H3,(H2,9,11). The Morgan fingerprint density at radius 3 is 3.00 bits per heavy atom. The molecule has 0 unspecified atom stereocenters. The van der Waals surface area contributed by atoms with Gasteiger partial charge in [-0.15, -0.1) is 0 Å². The van der Waals surface area contributed by atoms with E-state index in [0.29, 0.717) is 0 Å². The van der Waals surface area contributed by atoms with Crippen LogP contribution in [0.4, 0.5) is 0 Å². The number of hydrogen-bond donors (Lipinski definition) is 1. The SMILES string of the molecule is CC1=CC(=NC(N)=S)C=CC1. The van der Waals surface area contributed by atoms with E-state index in [1.54, 1.807) is 0 Å². The lowest BCUT2D eigenvalue weighted by atomic mass is 10.1. The van der Waals surface area contributed by atoms with Gasteiger partial charge in [0.2, 0.25) is 0 Å². The molecule has 0 atom stereocenters. The summed E-state index contributed by atoms with van der Waals surface area (Å²) >= 11 is 4.64. The third-order valence-electron chi connectivity index (χ3n) is 1.36. The van der Waals surface area contributed by atoms with Crippen LogP contribution in [0.1, 0.15) is 13.3 Å². The van der Waals surface area contributed by atoms with Crippen molar-refractivity contribution >= 4 is 23.0 Å². The van der Waals surface area contributed by atoms with Crippen LogP contribution in [-0.2, 0) is 0 Å². The van der Waals surface area contributed by atoms with E-state index in [1.807, 2.05) is 18.2 Å². The molecule has 58 valence electrons. The maximum atomic E-state index is 5.25. The van der Waals surface area contributed by atoms with Crippen molar-refractivity contribution in [2.24, 2.45) is 10.7 Å². The molecule has 0 aromatic carbocycles. The number of rotatable bonds is 0. The van der Waals surface area contributed by atoms with Gasteiger partial charge in [0, 0.05) is 0 Å². The molecule has 1 aliphatic rings. The molecule has 2 N–H and O–H groups in total. The number of thiocarbonyl (C=S) groups is 1. The van der Waals surface area contributed by atoms with Gasteiger partial charge in [0.1, 0.15) is 0 Å². The minimum atomic E-state index is 0.190. The van der Waals surface area contributed by atoms with Crippen LogP contribution in [0, 0.1) is 0 Å². The normalized spacial score (nSPS) is 20.1. The summed E-state index contributed by atoms with van der Waals surface area (Å²) < 4.78 is 0. The first-order valence-electron chi connectivity index (χ1n) is 3.40. The number of nitrogens with two attached hydrogens (primary N) is 1. The summed E-state index contributed by atoms with van der Waals surface area (Å²) in [5.41, 5.74) is 7.38. The largest absolute Gasteiger partial charge is 0.374 e. The minimum Gasteiger partial charge on any atom is -0.374 e. The zero-order chi connectivity index (χ0) is 8.27. The average Bonchev–Trinajstić information content (AvgIpc) is 1.85. The van der Waals surface area contributed by atoms with Crippen LogP contribution in [0.2, 0.25) is 0 Å². The summed E-state index contributed by atoms with van der Waals surface area (Å²) in [5.74, 6) is 0. The molecule has 0 bridgehead atoms. The van der Waals surface area contributed by atoms with E-state index in [1.165, 1.54) is 5.57 Å². The van der Waals surface area contributed by atoms with Crippen LogP contribution < -0.4 is 5.73 Å². The first-order valence-corrected chi connectivity index (χ1v) is 3.81. The van der Waals surface area contributed by atoms with Crippen molar-refractivity contribution in [3.8, 4) is 0 Å². The first kappa shape index (κ1) is 8.14. The average molecular weight is 166 g/mol. The van der Waals surface area contributed by atoms with Gasteiger partial charge in [0.05, 0.1) is 5.71 Å². The molecule has 0 saturated carbocycles. The fraction of sp³-hybridized carbons (Fsp3) is 0.250. The Bertz CT molecular complexity index is 261. The van der Waals surface area contributed by atoms with Gasteiger partial charge >= 0.3 is 0 Å². The van der Waals surface area contributed by atoms with E-state index < -0.39 is 0 Å². The van der Waals surface area contributed by atoms with E-state index >= 15 is 0 Å². The first-order chi connectivity index (χ1) is 5.18. The van der Waals surface area contributed by atoms with E-state index in [-0.39, 0.29) is 5.11 Å². The molecule has 0 amide bonds. The summed E-state index contributed by atoms with van der Waals surface area (Å²) in [6, 6.07) is 0. The van der Waals surface area contributed by atoms with Gasteiger partial charge < -0.3 is 5.73 Å². The zero-order valence-corrected chi connectivity index (χ0v) is 7.19. The molecule has 0 aromatic rings. The fourth-order valence-electron chi connectivity index (χ4n) is 0.922. The molecular weight excluding hydrogens is 156 g/mol. The highest BCUT2D eigenvalue weighted by atomic mass is 32.1. The summed E-state index contributed by atoms with van der Waals surface area (Å²) in [6.45, 7) is 2.05. The lowest BCUT2D eigenvalue weighted by Gasteiger charge is -2.02. The maximum Gasteiger partial charge on any atom is 0.190 e. The molecule has 0 heterocycles. The lowest BCUT2D eigenvalue weighted by molar-refractivity contribution is 1.21. The van der Waals surface area contributed by atoms with Gasteiger partial charge in [-0.2, -0.15) is 0 Å². The van der Waals surface area contributed by atoms with Crippen molar-refractivity contribution in [2.75, 3.05) is 0 Å². The Morgan fingerprint density at radius 2 is 2.45 bits per heavy atom. The zero-order valence-electron chi connectivity index (χ0n) is 6.37. The molecule has 0 fully saturated rings. The molecule has 0 radical (unpaired) electrons. The molecule has 0 saturated heterocycles. The lowest BCUT2D eigenvalue weighted by Crippen LogP contribution is -2.07. The van der Waals surface area contributed by atoms with Crippen molar-refractivity contribution in [2.45, 2.75) is 13.3 Å². The van der Waals surface area contributed by atoms with Crippen molar-refractivity contribution in [3.63, 3.8) is 0 Å². The Morgan fingerprint density at radius 1 is 1.73 bits per heavy atom. The van der Waals surface area contributed by atoms with Crippen molar-refractivity contribution in [1.82, 2.24) is 0 Å². The third kappa shape index (κ3) is 2.63. The number of allylic oxidation sites excluding steroid dienone is 4. The summed E-state index contributed by atoms with van der Waals surface area (Å²) in [7, 11) is 0. The summed E-state index contributed by atoms with van der Waals surface area (Å²) in [4.78, 5) is 3.95. The van der Waals surface area contributed by atoms with Crippen molar-refractivity contribution < 1.29 is 0 Å². The van der Waals surface area contributed by atoms with Gasteiger partial charge in [-0.3, -0.25) is 0 Å². The number of nitrogens with zero attached hydrogens (tertiary/aromatic N) is 1. The summed E-state index contributed by atoms with van der Waals surface area (Å²) in [6.07, 6.45) is 6.95.